The summed E-state index contributed by atoms with van der Waals surface area (Å²) in [6, 6.07) is 10.2. The minimum Gasteiger partial charge on any atom is -0.504 e. The molecular formula is C18H20N2O3. The number of rotatable bonds is 0. The molecule has 5 nitrogen and oxygen atoms in total. The number of amides is 1. The number of benzene rings is 2. The van der Waals surface area contributed by atoms with Gasteiger partial charge in [-0.25, -0.2) is 0 Å². The molecule has 2 aromatic rings. The number of hydrogen-bond donors (Lipinski definition) is 3. The van der Waals surface area contributed by atoms with Gasteiger partial charge in [0.15, 0.2) is 11.5 Å². The number of likely N-dealkylation sites (N-methyl/N-ethyl adjacent to an activating group) is 1. The van der Waals surface area contributed by atoms with Gasteiger partial charge in [-0.05, 0) is 48.2 Å². The number of carbonyl (C=O) groups is 1. The first-order valence-electron chi connectivity index (χ1n) is 7.60. The molecule has 4 N–H and O–H groups in total. The van der Waals surface area contributed by atoms with Crippen LogP contribution < -0.4 is 5.73 Å². The van der Waals surface area contributed by atoms with Gasteiger partial charge in [-0.1, -0.05) is 24.3 Å². The fraction of sp³-hybridized carbons (Fsp3) is 0.278. The Labute approximate surface area is 135 Å². The summed E-state index contributed by atoms with van der Waals surface area (Å²) in [4.78, 5) is 11.0. The maximum Gasteiger partial charge on any atom is 0.204 e. The van der Waals surface area contributed by atoms with Crippen LogP contribution in [0, 0.1) is 0 Å². The molecule has 0 unspecified atom stereocenters. The standard InChI is InChI=1S/C17H17NO2.CH3NO/c1-18-8-7-10-3-2-4-12-15(10)13(18)9-11-5-6-14(19)17(20)16(11)12;2-1-3/h2-6,13,19-20H,7-9H2,1H3;1H,(H2,2,3)/t13-;/m1./s1. The zero-order valence-electron chi connectivity index (χ0n) is 13.0. The Morgan fingerprint density at radius 2 is 1.96 bits per heavy atom. The third-order valence-electron chi connectivity index (χ3n) is 4.72. The third kappa shape index (κ3) is 2.43. The highest BCUT2D eigenvalue weighted by molar-refractivity contribution is 5.82. The van der Waals surface area contributed by atoms with Crippen molar-refractivity contribution in [1.82, 2.24) is 4.90 Å². The van der Waals surface area contributed by atoms with E-state index in [1.807, 2.05) is 6.07 Å². The quantitative estimate of drug-likeness (QED) is 0.512. The highest BCUT2D eigenvalue weighted by Crippen LogP contribution is 2.49. The average molecular weight is 312 g/mol. The largest absolute Gasteiger partial charge is 0.504 e. The van der Waals surface area contributed by atoms with Crippen molar-refractivity contribution in [2.24, 2.45) is 5.73 Å². The molecule has 5 heteroatoms. The minimum atomic E-state index is -0.0380. The number of phenolic OH excluding ortho intramolecular Hbond substituents is 2. The van der Waals surface area contributed by atoms with Crippen LogP contribution in [0.25, 0.3) is 11.1 Å². The van der Waals surface area contributed by atoms with Crippen LogP contribution in [0.3, 0.4) is 0 Å². The molecule has 0 fully saturated rings. The van der Waals surface area contributed by atoms with Gasteiger partial charge < -0.3 is 15.9 Å². The predicted octanol–water partition coefficient (Wildman–Crippen LogP) is 1.95. The molecule has 23 heavy (non-hydrogen) atoms. The molecule has 0 saturated carbocycles. The second-order valence-electron chi connectivity index (χ2n) is 5.93. The number of carbonyl (C=O) groups excluding carboxylic acids is 1. The van der Waals surface area contributed by atoms with Crippen LogP contribution in [0.5, 0.6) is 11.5 Å². The van der Waals surface area contributed by atoms with Crippen LogP contribution in [0.4, 0.5) is 0 Å². The molecule has 1 heterocycles. The van der Waals surface area contributed by atoms with E-state index in [9.17, 15) is 10.2 Å². The number of phenols is 2. The molecule has 0 spiro atoms. The monoisotopic (exact) mass is 312 g/mol. The number of aromatic hydroxyl groups is 2. The van der Waals surface area contributed by atoms with Gasteiger partial charge in [0.2, 0.25) is 6.41 Å². The van der Waals surface area contributed by atoms with Crippen molar-refractivity contribution >= 4 is 6.41 Å². The SMILES string of the molecule is CN1CCc2cccc3c2[C@H]1Cc1ccc(O)c(O)c1-3.NC=O. The Morgan fingerprint density at radius 1 is 1.22 bits per heavy atom. The lowest BCUT2D eigenvalue weighted by atomic mass is 9.77. The van der Waals surface area contributed by atoms with Crippen molar-refractivity contribution in [2.45, 2.75) is 18.9 Å². The Bertz CT molecular complexity index is 758. The fourth-order valence-corrected chi connectivity index (χ4v) is 3.67. The Kier molecular flexibility index (Phi) is 3.96. The van der Waals surface area contributed by atoms with Crippen LogP contribution >= 0.6 is 0 Å². The second kappa shape index (κ2) is 5.93. The Hall–Kier alpha value is -2.53. The Morgan fingerprint density at radius 3 is 2.70 bits per heavy atom. The van der Waals surface area contributed by atoms with Gasteiger partial charge in [0.05, 0.1) is 0 Å². The fourth-order valence-electron chi connectivity index (χ4n) is 3.67. The van der Waals surface area contributed by atoms with Gasteiger partial charge in [0, 0.05) is 18.2 Å². The molecule has 0 bridgehead atoms. The summed E-state index contributed by atoms with van der Waals surface area (Å²) in [5.41, 5.74) is 9.87. The van der Waals surface area contributed by atoms with Gasteiger partial charge in [-0.2, -0.15) is 0 Å². The Balaban J connectivity index is 0.000000485. The third-order valence-corrected chi connectivity index (χ3v) is 4.72. The molecular weight excluding hydrogens is 292 g/mol. The van der Waals surface area contributed by atoms with E-state index >= 15 is 0 Å². The van der Waals surface area contributed by atoms with Crippen molar-refractivity contribution in [3.8, 4) is 22.6 Å². The summed E-state index contributed by atoms with van der Waals surface area (Å²) < 4.78 is 0. The van der Waals surface area contributed by atoms with Crippen LogP contribution in [0.2, 0.25) is 0 Å². The smallest absolute Gasteiger partial charge is 0.204 e. The average Bonchev–Trinajstić information content (AvgIpc) is 2.55. The highest BCUT2D eigenvalue weighted by atomic mass is 16.3. The van der Waals surface area contributed by atoms with Gasteiger partial charge >= 0.3 is 0 Å². The first kappa shape index (κ1) is 15.4. The van der Waals surface area contributed by atoms with Gasteiger partial charge in [-0.3, -0.25) is 9.69 Å². The number of fused-ring (bicyclic) bond motifs is 2. The molecule has 1 amide bonds. The molecule has 0 radical (unpaired) electrons. The lowest BCUT2D eigenvalue weighted by molar-refractivity contribution is -0.106. The number of primary amides is 1. The van der Waals surface area contributed by atoms with Crippen LogP contribution in [-0.2, 0) is 17.6 Å². The van der Waals surface area contributed by atoms with Gasteiger partial charge in [0.1, 0.15) is 0 Å². The van der Waals surface area contributed by atoms with Crippen molar-refractivity contribution in [1.29, 1.82) is 0 Å². The zero-order valence-corrected chi connectivity index (χ0v) is 13.0. The molecule has 1 aliphatic heterocycles. The molecule has 1 atom stereocenters. The summed E-state index contributed by atoms with van der Waals surface area (Å²) in [5.74, 6) is -0.0217. The van der Waals surface area contributed by atoms with E-state index in [1.54, 1.807) is 6.07 Å². The second-order valence-corrected chi connectivity index (χ2v) is 5.93. The van der Waals surface area contributed by atoms with Crippen molar-refractivity contribution < 1.29 is 15.0 Å². The van der Waals surface area contributed by atoms with Crippen LogP contribution in [0.15, 0.2) is 30.3 Å². The number of nitrogens with zero attached hydrogens (tertiary/aromatic N) is 1. The molecule has 120 valence electrons. The maximum absolute atomic E-state index is 10.3. The van der Waals surface area contributed by atoms with Crippen LogP contribution in [0.1, 0.15) is 22.7 Å². The number of hydrogen-bond acceptors (Lipinski definition) is 4. The van der Waals surface area contributed by atoms with E-state index in [-0.39, 0.29) is 17.9 Å². The summed E-state index contributed by atoms with van der Waals surface area (Å²) in [5, 5.41) is 20.1. The topological polar surface area (TPSA) is 86.8 Å². The predicted molar refractivity (Wildman–Crippen MR) is 88.2 cm³/mol. The van der Waals surface area contributed by atoms with E-state index in [1.165, 1.54) is 11.1 Å². The zero-order chi connectivity index (χ0) is 16.6. The minimum absolute atomic E-state index is 0.0163. The lowest BCUT2D eigenvalue weighted by Gasteiger charge is -2.39. The van der Waals surface area contributed by atoms with Crippen LogP contribution in [-0.4, -0.2) is 35.1 Å². The molecule has 0 saturated heterocycles. The molecule has 2 aliphatic rings. The lowest BCUT2D eigenvalue weighted by Crippen LogP contribution is -2.35. The highest BCUT2D eigenvalue weighted by Gasteiger charge is 2.33. The van der Waals surface area contributed by atoms with E-state index in [2.05, 4.69) is 35.9 Å². The molecule has 2 aromatic carbocycles. The van der Waals surface area contributed by atoms with E-state index in [0.29, 0.717) is 6.04 Å². The summed E-state index contributed by atoms with van der Waals surface area (Å²) >= 11 is 0. The molecule has 1 aliphatic carbocycles. The summed E-state index contributed by atoms with van der Waals surface area (Å²) in [7, 11) is 2.16. The van der Waals surface area contributed by atoms with E-state index < -0.39 is 0 Å². The molecule has 0 aromatic heterocycles. The van der Waals surface area contributed by atoms with Crippen molar-refractivity contribution in [2.75, 3.05) is 13.6 Å². The maximum atomic E-state index is 10.3. The number of nitrogens with two attached hydrogens (primary N) is 1. The van der Waals surface area contributed by atoms with E-state index in [4.69, 9.17) is 4.79 Å². The first-order chi connectivity index (χ1) is 11.1. The van der Waals surface area contributed by atoms with E-state index in [0.717, 1.165) is 36.1 Å². The summed E-state index contributed by atoms with van der Waals surface area (Å²) in [6.07, 6.45) is 2.19. The van der Waals surface area contributed by atoms with Crippen molar-refractivity contribution in [3.05, 3.63) is 47.0 Å². The van der Waals surface area contributed by atoms with Gasteiger partial charge in [0.25, 0.3) is 0 Å². The normalized spacial score (nSPS) is 18.2. The molecule has 4 rings (SSSR count). The van der Waals surface area contributed by atoms with Crippen molar-refractivity contribution in [3.63, 3.8) is 0 Å². The van der Waals surface area contributed by atoms with Gasteiger partial charge in [-0.15, -0.1) is 0 Å². The summed E-state index contributed by atoms with van der Waals surface area (Å²) in [6.45, 7) is 1.07. The first-order valence-corrected chi connectivity index (χ1v) is 7.60.